The summed E-state index contributed by atoms with van der Waals surface area (Å²) in [5, 5.41) is 8.41. The van der Waals surface area contributed by atoms with Gasteiger partial charge in [0.1, 0.15) is 6.33 Å². The highest BCUT2D eigenvalue weighted by molar-refractivity contribution is 5.93. The molecule has 9 heteroatoms. The molecule has 0 saturated carbocycles. The van der Waals surface area contributed by atoms with Gasteiger partial charge in [0.15, 0.2) is 11.5 Å². The molecule has 1 amide bonds. The summed E-state index contributed by atoms with van der Waals surface area (Å²) in [6, 6.07) is 0. The van der Waals surface area contributed by atoms with Crippen molar-refractivity contribution in [3.05, 3.63) is 36.7 Å². The van der Waals surface area contributed by atoms with E-state index in [4.69, 9.17) is 0 Å². The van der Waals surface area contributed by atoms with Crippen LogP contribution < -0.4 is 4.90 Å². The molecule has 124 valence electrons. The summed E-state index contributed by atoms with van der Waals surface area (Å²) in [6.45, 7) is 5.53. The maximum absolute atomic E-state index is 12.6. The standard InChI is InChI=1S/C15H18N8O/c1-2-22-10-12(7-18-22)15(24)21-5-3-20(4-6-21)14-9-16-8-13-17-11-19-23(13)14/h7-11H,2-6H2,1H3. The minimum Gasteiger partial charge on any atom is -0.352 e. The van der Waals surface area contributed by atoms with Crippen molar-refractivity contribution in [3.63, 3.8) is 0 Å². The van der Waals surface area contributed by atoms with Crippen molar-refractivity contribution in [1.29, 1.82) is 0 Å². The van der Waals surface area contributed by atoms with Crippen LogP contribution >= 0.6 is 0 Å². The molecule has 24 heavy (non-hydrogen) atoms. The van der Waals surface area contributed by atoms with Crippen molar-refractivity contribution >= 4 is 17.4 Å². The van der Waals surface area contributed by atoms with Gasteiger partial charge < -0.3 is 9.80 Å². The number of amides is 1. The number of hydrogen-bond donors (Lipinski definition) is 0. The van der Waals surface area contributed by atoms with Gasteiger partial charge in [0.25, 0.3) is 5.91 Å². The highest BCUT2D eigenvalue weighted by Crippen LogP contribution is 2.16. The zero-order chi connectivity index (χ0) is 16.5. The summed E-state index contributed by atoms with van der Waals surface area (Å²) >= 11 is 0. The fourth-order valence-corrected chi connectivity index (χ4v) is 2.92. The molecule has 4 rings (SSSR count). The number of hydrogen-bond acceptors (Lipinski definition) is 6. The summed E-state index contributed by atoms with van der Waals surface area (Å²) < 4.78 is 3.54. The third-order valence-corrected chi connectivity index (χ3v) is 4.27. The lowest BCUT2D eigenvalue weighted by Crippen LogP contribution is -2.49. The van der Waals surface area contributed by atoms with E-state index in [0.717, 1.165) is 31.1 Å². The first-order chi connectivity index (χ1) is 11.8. The Morgan fingerprint density at radius 1 is 1.12 bits per heavy atom. The van der Waals surface area contributed by atoms with Crippen molar-refractivity contribution in [1.82, 2.24) is 34.3 Å². The SMILES string of the molecule is CCn1cc(C(=O)N2CCN(c3cncc4ncnn34)CC2)cn1. The fourth-order valence-electron chi connectivity index (χ4n) is 2.92. The van der Waals surface area contributed by atoms with E-state index in [2.05, 4.69) is 25.1 Å². The van der Waals surface area contributed by atoms with Crippen molar-refractivity contribution in [3.8, 4) is 0 Å². The van der Waals surface area contributed by atoms with Gasteiger partial charge in [-0.2, -0.15) is 14.7 Å². The molecule has 4 heterocycles. The van der Waals surface area contributed by atoms with Crippen LogP contribution in [0.25, 0.3) is 5.65 Å². The molecule has 0 radical (unpaired) electrons. The van der Waals surface area contributed by atoms with Crippen LogP contribution in [0.4, 0.5) is 5.82 Å². The number of aryl methyl sites for hydroxylation is 1. The zero-order valence-electron chi connectivity index (χ0n) is 13.4. The Morgan fingerprint density at radius 2 is 1.96 bits per heavy atom. The third-order valence-electron chi connectivity index (χ3n) is 4.27. The summed E-state index contributed by atoms with van der Waals surface area (Å²) in [4.78, 5) is 25.0. The monoisotopic (exact) mass is 326 g/mol. The number of carbonyl (C=O) groups is 1. The van der Waals surface area contributed by atoms with Gasteiger partial charge >= 0.3 is 0 Å². The van der Waals surface area contributed by atoms with E-state index >= 15 is 0 Å². The summed E-state index contributed by atoms with van der Waals surface area (Å²) in [7, 11) is 0. The average Bonchev–Trinajstić information content (AvgIpc) is 3.30. The molecule has 0 N–H and O–H groups in total. The number of fused-ring (bicyclic) bond motifs is 1. The normalized spacial score (nSPS) is 15.2. The number of aromatic nitrogens is 6. The van der Waals surface area contributed by atoms with Crippen LogP contribution in [0.15, 0.2) is 31.1 Å². The molecule has 1 saturated heterocycles. The Bertz CT molecular complexity index is 861. The van der Waals surface area contributed by atoms with Crippen molar-refractivity contribution < 1.29 is 4.79 Å². The minimum absolute atomic E-state index is 0.0337. The highest BCUT2D eigenvalue weighted by atomic mass is 16.2. The zero-order valence-corrected chi connectivity index (χ0v) is 13.4. The molecular formula is C15H18N8O. The third kappa shape index (κ3) is 2.47. The van der Waals surface area contributed by atoms with E-state index in [1.807, 2.05) is 11.8 Å². The first-order valence-corrected chi connectivity index (χ1v) is 7.96. The quantitative estimate of drug-likeness (QED) is 0.688. The number of carbonyl (C=O) groups excluding carboxylic acids is 1. The summed E-state index contributed by atoms with van der Waals surface area (Å²) in [5.74, 6) is 0.933. The fraction of sp³-hybridized carbons (Fsp3) is 0.400. The lowest BCUT2D eigenvalue weighted by atomic mass is 10.2. The first kappa shape index (κ1) is 14.6. The van der Waals surface area contributed by atoms with Gasteiger partial charge in [0, 0.05) is 38.9 Å². The van der Waals surface area contributed by atoms with Crippen LogP contribution in [0.3, 0.4) is 0 Å². The Kier molecular flexibility index (Phi) is 3.60. The largest absolute Gasteiger partial charge is 0.352 e. The smallest absolute Gasteiger partial charge is 0.257 e. The van der Waals surface area contributed by atoms with Gasteiger partial charge in [-0.3, -0.25) is 14.5 Å². The van der Waals surface area contributed by atoms with Gasteiger partial charge in [-0.05, 0) is 6.92 Å². The Hall–Kier alpha value is -2.97. The molecule has 3 aromatic rings. The van der Waals surface area contributed by atoms with Crippen LogP contribution in [-0.2, 0) is 6.54 Å². The van der Waals surface area contributed by atoms with Gasteiger partial charge in [-0.1, -0.05) is 0 Å². The van der Waals surface area contributed by atoms with E-state index in [1.54, 1.807) is 34.0 Å². The van der Waals surface area contributed by atoms with Crippen molar-refractivity contribution in [2.45, 2.75) is 13.5 Å². The van der Waals surface area contributed by atoms with Crippen LogP contribution in [0.5, 0.6) is 0 Å². The predicted octanol–water partition coefficient (Wildman–Crippen LogP) is 0.303. The number of rotatable bonds is 3. The summed E-state index contributed by atoms with van der Waals surface area (Å²) in [5.41, 5.74) is 1.36. The Labute approximate surface area is 138 Å². The van der Waals surface area contributed by atoms with E-state index in [0.29, 0.717) is 18.7 Å². The topological polar surface area (TPSA) is 84.5 Å². The highest BCUT2D eigenvalue weighted by Gasteiger charge is 2.24. The molecule has 1 fully saturated rings. The molecule has 1 aliphatic rings. The molecule has 3 aromatic heterocycles. The molecule has 0 unspecified atom stereocenters. The second-order valence-corrected chi connectivity index (χ2v) is 5.66. The molecule has 0 bridgehead atoms. The molecule has 1 aliphatic heterocycles. The van der Waals surface area contributed by atoms with E-state index in [-0.39, 0.29) is 5.91 Å². The number of anilines is 1. The van der Waals surface area contributed by atoms with E-state index in [9.17, 15) is 4.79 Å². The second kappa shape index (κ2) is 5.91. The first-order valence-electron chi connectivity index (χ1n) is 7.96. The van der Waals surface area contributed by atoms with E-state index < -0.39 is 0 Å². The summed E-state index contributed by atoms with van der Waals surface area (Å²) in [6.07, 6.45) is 8.42. The van der Waals surface area contributed by atoms with Crippen LogP contribution in [0, 0.1) is 0 Å². The minimum atomic E-state index is 0.0337. The van der Waals surface area contributed by atoms with E-state index in [1.165, 1.54) is 6.33 Å². The molecule has 9 nitrogen and oxygen atoms in total. The molecule has 0 spiro atoms. The average molecular weight is 326 g/mol. The van der Waals surface area contributed by atoms with Crippen LogP contribution in [0.2, 0.25) is 0 Å². The van der Waals surface area contributed by atoms with Crippen molar-refractivity contribution in [2.24, 2.45) is 0 Å². The number of nitrogens with zero attached hydrogens (tertiary/aromatic N) is 8. The van der Waals surface area contributed by atoms with Gasteiger partial charge in [-0.15, -0.1) is 0 Å². The lowest BCUT2D eigenvalue weighted by Gasteiger charge is -2.35. The number of piperazine rings is 1. The maximum atomic E-state index is 12.6. The predicted molar refractivity (Wildman–Crippen MR) is 86.8 cm³/mol. The lowest BCUT2D eigenvalue weighted by molar-refractivity contribution is 0.0746. The second-order valence-electron chi connectivity index (χ2n) is 5.66. The Balaban J connectivity index is 1.47. The molecule has 0 aliphatic carbocycles. The van der Waals surface area contributed by atoms with Crippen molar-refractivity contribution in [2.75, 3.05) is 31.1 Å². The molecule has 0 aromatic carbocycles. The van der Waals surface area contributed by atoms with Gasteiger partial charge in [-0.25, -0.2) is 4.98 Å². The van der Waals surface area contributed by atoms with Crippen LogP contribution in [0.1, 0.15) is 17.3 Å². The Morgan fingerprint density at radius 3 is 2.71 bits per heavy atom. The van der Waals surface area contributed by atoms with Crippen LogP contribution in [-0.4, -0.2) is 66.3 Å². The van der Waals surface area contributed by atoms with Gasteiger partial charge in [0.2, 0.25) is 0 Å². The molecular weight excluding hydrogens is 308 g/mol. The van der Waals surface area contributed by atoms with Gasteiger partial charge in [0.05, 0.1) is 24.2 Å². The molecule has 0 atom stereocenters. The maximum Gasteiger partial charge on any atom is 0.257 e.